The van der Waals surface area contributed by atoms with Crippen molar-refractivity contribution in [1.82, 2.24) is 0 Å². The SMILES string of the molecule is CC(C)(C)c1ccc(N2B3c4ccc(N(c5ccc(C(C)(C)C)cc5)c5ccc(C(C)(C)C)cc5)cc4N(c4ccc(C(C)(C)C)cc4-c4ccccc4)c4cc5c(oc6ccccc65)c(c43)-c3ccc4sc5cc6c(cc5c4c32)C(C)(C)CCC6(C)C)cc1. The monoisotopic (exact) mass is 1190 g/mol. The fourth-order valence-corrected chi connectivity index (χ4v) is 16.2. The van der Waals surface area contributed by atoms with E-state index in [1.165, 1.54) is 93.3 Å². The van der Waals surface area contributed by atoms with Gasteiger partial charge in [0.1, 0.15) is 11.2 Å². The molecule has 10 aromatic carbocycles. The van der Waals surface area contributed by atoms with E-state index in [0.29, 0.717) is 0 Å². The second-order valence-corrected chi connectivity index (χ2v) is 32.8. The molecule has 1 aliphatic carbocycles. The third-order valence-electron chi connectivity index (χ3n) is 20.5. The predicted molar refractivity (Wildman–Crippen MR) is 391 cm³/mol. The normalized spacial score (nSPS) is 15.4. The molecule has 2 aliphatic heterocycles. The second-order valence-electron chi connectivity index (χ2n) is 31.7. The fourth-order valence-electron chi connectivity index (χ4n) is 15.1. The molecule has 90 heavy (non-hydrogen) atoms. The molecule has 0 saturated heterocycles. The molecule has 0 bridgehead atoms. The van der Waals surface area contributed by atoms with E-state index in [1.807, 2.05) is 11.3 Å². The lowest BCUT2D eigenvalue weighted by Crippen LogP contribution is -2.61. The van der Waals surface area contributed by atoms with Crippen LogP contribution in [0.4, 0.5) is 45.5 Å². The number of fused-ring (bicyclic) bond motifs is 13. The van der Waals surface area contributed by atoms with Crippen LogP contribution < -0.4 is 25.5 Å². The van der Waals surface area contributed by atoms with Gasteiger partial charge in [-0.3, -0.25) is 0 Å². The van der Waals surface area contributed by atoms with E-state index in [2.05, 4.69) is 320 Å². The number of thiophene rings is 1. The Balaban J connectivity index is 1.11. The molecule has 2 aromatic heterocycles. The van der Waals surface area contributed by atoms with Crippen molar-refractivity contribution < 1.29 is 4.42 Å². The molecule has 4 nitrogen and oxygen atoms in total. The summed E-state index contributed by atoms with van der Waals surface area (Å²) in [4.78, 5) is 7.89. The van der Waals surface area contributed by atoms with Crippen LogP contribution in [0.1, 0.15) is 157 Å². The number of hydrogen-bond donors (Lipinski definition) is 0. The van der Waals surface area contributed by atoms with Gasteiger partial charge in [-0.2, -0.15) is 0 Å². The largest absolute Gasteiger partial charge is 0.455 e. The molecule has 4 heterocycles. The van der Waals surface area contributed by atoms with Crippen molar-refractivity contribution in [2.24, 2.45) is 0 Å². The van der Waals surface area contributed by atoms with Crippen molar-refractivity contribution in [1.29, 1.82) is 0 Å². The minimum Gasteiger partial charge on any atom is -0.455 e. The zero-order valence-corrected chi connectivity index (χ0v) is 56.4. The molecule has 12 aromatic rings. The van der Waals surface area contributed by atoms with E-state index >= 15 is 0 Å². The van der Waals surface area contributed by atoms with Crippen molar-refractivity contribution >= 4 is 117 Å². The molecule has 0 atom stereocenters. The fraction of sp³-hybridized carbons (Fsp3) is 0.286. The first-order chi connectivity index (χ1) is 42.6. The molecule has 0 amide bonds. The third-order valence-corrected chi connectivity index (χ3v) is 21.7. The second kappa shape index (κ2) is 20.1. The summed E-state index contributed by atoms with van der Waals surface area (Å²) in [7, 11) is 0. The molecular formula is C84H84BN3OS. The zero-order chi connectivity index (χ0) is 62.9. The Hall–Kier alpha value is -8.32. The Kier molecular flexibility index (Phi) is 13.0. The lowest BCUT2D eigenvalue weighted by molar-refractivity contribution is 0.332. The molecule has 6 heteroatoms. The molecule has 3 aliphatic rings. The Morgan fingerprint density at radius 3 is 1.62 bits per heavy atom. The zero-order valence-electron chi connectivity index (χ0n) is 55.6. The smallest absolute Gasteiger partial charge is 0.333 e. The Morgan fingerprint density at radius 2 is 1.01 bits per heavy atom. The molecular weight excluding hydrogens is 1110 g/mol. The summed E-state index contributed by atoms with van der Waals surface area (Å²) in [6.07, 6.45) is 2.32. The summed E-state index contributed by atoms with van der Waals surface area (Å²) < 4.78 is 10.1. The van der Waals surface area contributed by atoms with Crippen LogP contribution in [0.5, 0.6) is 0 Å². The van der Waals surface area contributed by atoms with Gasteiger partial charge in [0.15, 0.2) is 0 Å². The number of benzene rings is 10. The highest BCUT2D eigenvalue weighted by atomic mass is 32.1. The molecule has 0 fully saturated rings. The Bertz CT molecular complexity index is 4800. The van der Waals surface area contributed by atoms with Gasteiger partial charge in [0, 0.05) is 87.4 Å². The highest BCUT2D eigenvalue weighted by Gasteiger charge is 2.49. The van der Waals surface area contributed by atoms with Crippen LogP contribution in [-0.2, 0) is 32.5 Å². The average molecular weight is 1190 g/mol. The van der Waals surface area contributed by atoms with E-state index in [1.54, 1.807) is 0 Å². The maximum Gasteiger partial charge on any atom is 0.333 e. The van der Waals surface area contributed by atoms with Crippen LogP contribution in [0.15, 0.2) is 199 Å². The molecule has 0 N–H and O–H groups in total. The number of hydrogen-bond acceptors (Lipinski definition) is 5. The Labute approximate surface area is 538 Å². The summed E-state index contributed by atoms with van der Waals surface area (Å²) in [5.41, 5.74) is 26.2. The van der Waals surface area contributed by atoms with Gasteiger partial charge >= 0.3 is 6.85 Å². The number of nitrogens with zero attached hydrogens (tertiary/aromatic N) is 3. The molecule has 0 radical (unpaired) electrons. The maximum atomic E-state index is 7.42. The summed E-state index contributed by atoms with van der Waals surface area (Å²) >= 11 is 1.95. The summed E-state index contributed by atoms with van der Waals surface area (Å²) in [6, 6.07) is 75.3. The standard InChI is InChI=1S/C84H84BN3OS/c1-79(2,3)52-26-33-56(34-27-52)86(57-35-28-53(29-36-57)80(4,5)6)59-39-41-67-69(47-59)87(68-42-32-55(82(10,11)12)46-62(68)51-22-18-17-19-23-51)70-49-63-60-24-20-21-25-71(60)89-78(63)75-61-40-43-72-74(64-48-65-66(50-73(64)90-72)84(15,16)45-44-83(65,13)14)77(61)88(85(67)76(70)75)58-37-30-54(31-38-58)81(7,8)9/h17-43,46-50H,44-45H2,1-16H3. The first-order valence-corrected chi connectivity index (χ1v) is 33.5. The van der Waals surface area contributed by atoms with Gasteiger partial charge < -0.3 is 19.0 Å². The number of rotatable bonds is 6. The minimum absolute atomic E-state index is 0.00758. The van der Waals surface area contributed by atoms with Gasteiger partial charge in [-0.1, -0.05) is 214 Å². The quantitative estimate of drug-likeness (QED) is 0.155. The van der Waals surface area contributed by atoms with Gasteiger partial charge in [-0.05, 0) is 186 Å². The highest BCUT2D eigenvalue weighted by molar-refractivity contribution is 7.26. The van der Waals surface area contributed by atoms with Gasteiger partial charge in [-0.25, -0.2) is 0 Å². The average Bonchev–Trinajstić information content (AvgIpc) is 1.17. The van der Waals surface area contributed by atoms with Crippen molar-refractivity contribution in [3.05, 3.63) is 228 Å². The molecule has 0 spiro atoms. The van der Waals surface area contributed by atoms with E-state index in [0.717, 1.165) is 73.7 Å². The molecule has 0 unspecified atom stereocenters. The van der Waals surface area contributed by atoms with Gasteiger partial charge in [0.25, 0.3) is 0 Å². The summed E-state index contributed by atoms with van der Waals surface area (Å²) in [6.45, 7) is 37.3. The van der Waals surface area contributed by atoms with Gasteiger partial charge in [0.2, 0.25) is 0 Å². The first kappa shape index (κ1) is 58.1. The van der Waals surface area contributed by atoms with Crippen LogP contribution in [0.3, 0.4) is 0 Å². The van der Waals surface area contributed by atoms with E-state index in [4.69, 9.17) is 4.42 Å². The van der Waals surface area contributed by atoms with Crippen molar-refractivity contribution in [3.63, 3.8) is 0 Å². The van der Waals surface area contributed by atoms with E-state index < -0.39 is 0 Å². The van der Waals surface area contributed by atoms with Crippen LogP contribution in [0.25, 0.3) is 64.4 Å². The van der Waals surface area contributed by atoms with Crippen LogP contribution in [-0.4, -0.2) is 6.85 Å². The van der Waals surface area contributed by atoms with Crippen LogP contribution in [0, 0.1) is 0 Å². The lowest BCUT2D eigenvalue weighted by atomic mass is 9.43. The van der Waals surface area contributed by atoms with E-state index in [9.17, 15) is 0 Å². The summed E-state index contributed by atoms with van der Waals surface area (Å²) in [5, 5.41) is 4.86. The first-order valence-electron chi connectivity index (χ1n) is 32.7. The maximum absolute atomic E-state index is 7.42. The third kappa shape index (κ3) is 9.27. The molecule has 450 valence electrons. The molecule has 15 rings (SSSR count). The number of anilines is 8. The topological polar surface area (TPSA) is 22.9 Å². The van der Waals surface area contributed by atoms with Crippen molar-refractivity contribution in [2.75, 3.05) is 14.6 Å². The predicted octanol–water partition coefficient (Wildman–Crippen LogP) is 23.3. The summed E-state index contributed by atoms with van der Waals surface area (Å²) in [5.74, 6) is 0. The van der Waals surface area contributed by atoms with E-state index in [-0.39, 0.29) is 39.3 Å². The van der Waals surface area contributed by atoms with Gasteiger partial charge in [0.05, 0.1) is 5.69 Å². The number of furan rings is 1. The lowest BCUT2D eigenvalue weighted by Gasteiger charge is -2.46. The van der Waals surface area contributed by atoms with Crippen molar-refractivity contribution in [3.8, 4) is 22.3 Å². The van der Waals surface area contributed by atoms with Gasteiger partial charge in [-0.15, -0.1) is 11.3 Å². The van der Waals surface area contributed by atoms with Crippen LogP contribution >= 0.6 is 11.3 Å². The minimum atomic E-state index is -0.297. The number of para-hydroxylation sites is 1. The van der Waals surface area contributed by atoms with Crippen molar-refractivity contribution in [2.45, 2.75) is 156 Å². The molecule has 0 saturated carbocycles. The van der Waals surface area contributed by atoms with Crippen LogP contribution in [0.2, 0.25) is 0 Å². The Morgan fingerprint density at radius 1 is 0.456 bits per heavy atom. The highest BCUT2D eigenvalue weighted by Crippen LogP contribution is 2.58.